The highest BCUT2D eigenvalue weighted by molar-refractivity contribution is 7.98. The number of nitro groups is 1. The summed E-state index contributed by atoms with van der Waals surface area (Å²) in [6.07, 6.45) is 1.73. The molecule has 0 radical (unpaired) electrons. The maximum absolute atomic E-state index is 10.5. The molecule has 2 aromatic rings. The van der Waals surface area contributed by atoms with Crippen LogP contribution in [0.1, 0.15) is 5.56 Å². The van der Waals surface area contributed by atoms with Crippen LogP contribution in [-0.4, -0.2) is 18.2 Å². The van der Waals surface area contributed by atoms with Gasteiger partial charge in [-0.2, -0.15) is 0 Å². The van der Waals surface area contributed by atoms with Crippen LogP contribution in [-0.2, 0) is 0 Å². The summed E-state index contributed by atoms with van der Waals surface area (Å²) in [7, 11) is 1.62. The van der Waals surface area contributed by atoms with Crippen LogP contribution in [0.2, 0.25) is 0 Å². The Labute approximate surface area is 120 Å². The van der Waals surface area contributed by atoms with Crippen molar-refractivity contribution in [2.75, 3.05) is 7.11 Å². The summed E-state index contributed by atoms with van der Waals surface area (Å²) in [5.74, 6) is 0.796. The normalized spacial score (nSPS) is 10.7. The van der Waals surface area contributed by atoms with Gasteiger partial charge in [0.05, 0.1) is 12.0 Å². The molecule has 2 rings (SSSR count). The van der Waals surface area contributed by atoms with Crippen LogP contribution in [0.4, 0.5) is 5.69 Å². The first-order valence-electron chi connectivity index (χ1n) is 5.78. The van der Waals surface area contributed by atoms with Crippen LogP contribution in [0.15, 0.2) is 57.8 Å². The van der Waals surface area contributed by atoms with E-state index >= 15 is 0 Å². The molecule has 0 spiro atoms. The van der Waals surface area contributed by atoms with Crippen molar-refractivity contribution in [2.45, 2.75) is 4.90 Å². The first kappa shape index (κ1) is 14.1. The van der Waals surface area contributed by atoms with E-state index in [1.165, 1.54) is 24.1 Å². The quantitative estimate of drug-likeness (QED) is 0.364. The molecule has 102 valence electrons. The molecule has 0 aliphatic rings. The summed E-state index contributed by atoms with van der Waals surface area (Å²) in [5, 5.41) is 10.5. The van der Waals surface area contributed by atoms with Crippen molar-refractivity contribution in [1.82, 2.24) is 0 Å². The van der Waals surface area contributed by atoms with Crippen LogP contribution in [0.5, 0.6) is 5.75 Å². The minimum atomic E-state index is -0.422. The van der Waals surface area contributed by atoms with E-state index in [0.29, 0.717) is 0 Å². The molecule has 0 bridgehead atoms. The molecule has 0 unspecified atom stereocenters. The lowest BCUT2D eigenvalue weighted by Crippen LogP contribution is -1.86. The number of rotatable bonds is 5. The molecule has 0 aromatic heterocycles. The van der Waals surface area contributed by atoms with Crippen LogP contribution < -0.4 is 4.74 Å². The Balaban J connectivity index is 1.96. The van der Waals surface area contributed by atoms with E-state index in [1.54, 1.807) is 25.5 Å². The summed E-state index contributed by atoms with van der Waals surface area (Å²) in [6, 6.07) is 13.8. The van der Waals surface area contributed by atoms with E-state index in [4.69, 9.17) is 4.74 Å². The van der Waals surface area contributed by atoms with Crippen LogP contribution in [0.3, 0.4) is 0 Å². The number of methoxy groups -OCH3 is 1. The van der Waals surface area contributed by atoms with Crippen molar-refractivity contribution in [3.63, 3.8) is 0 Å². The summed E-state index contributed by atoms with van der Waals surface area (Å²) >= 11 is 1.26. The third-order valence-corrected chi connectivity index (χ3v) is 3.22. The molecule has 0 aliphatic heterocycles. The number of hydrogen-bond acceptors (Lipinski definition) is 5. The molecular weight excluding hydrogens is 276 g/mol. The van der Waals surface area contributed by atoms with Crippen LogP contribution in [0.25, 0.3) is 0 Å². The van der Waals surface area contributed by atoms with Gasteiger partial charge in [0, 0.05) is 35.2 Å². The Morgan fingerprint density at radius 3 is 2.35 bits per heavy atom. The van der Waals surface area contributed by atoms with Gasteiger partial charge in [-0.25, -0.2) is 4.40 Å². The second-order valence-electron chi connectivity index (χ2n) is 3.85. The highest BCUT2D eigenvalue weighted by atomic mass is 32.2. The molecule has 0 aliphatic carbocycles. The van der Waals surface area contributed by atoms with E-state index in [1.807, 2.05) is 24.3 Å². The van der Waals surface area contributed by atoms with Gasteiger partial charge in [0.1, 0.15) is 5.75 Å². The van der Waals surface area contributed by atoms with Crippen molar-refractivity contribution < 1.29 is 9.66 Å². The zero-order chi connectivity index (χ0) is 14.4. The van der Waals surface area contributed by atoms with Crippen LogP contribution in [0, 0.1) is 10.1 Å². The highest BCUT2D eigenvalue weighted by Crippen LogP contribution is 2.22. The Morgan fingerprint density at radius 1 is 1.15 bits per heavy atom. The van der Waals surface area contributed by atoms with Gasteiger partial charge >= 0.3 is 0 Å². The fraction of sp³-hybridized carbons (Fsp3) is 0.0714. The van der Waals surface area contributed by atoms with Crippen molar-refractivity contribution in [3.8, 4) is 5.75 Å². The van der Waals surface area contributed by atoms with Crippen LogP contribution >= 0.6 is 11.9 Å². The average molecular weight is 288 g/mol. The fourth-order valence-corrected chi connectivity index (χ4v) is 2.02. The molecule has 0 N–H and O–H groups in total. The van der Waals surface area contributed by atoms with Gasteiger partial charge in [-0.05, 0) is 42.0 Å². The van der Waals surface area contributed by atoms with Gasteiger partial charge in [0.2, 0.25) is 0 Å². The standard InChI is InChI=1S/C14H12N2O3S/c1-19-13-6-2-11(3-7-13)10-15-20-14-8-4-12(5-9-14)16(17)18/h2-10H,1H3/b15-10+. The number of benzene rings is 2. The molecule has 0 saturated heterocycles. The number of hydrogen-bond donors (Lipinski definition) is 0. The second kappa shape index (κ2) is 6.72. The Bertz CT molecular complexity index is 609. The summed E-state index contributed by atoms with van der Waals surface area (Å²) in [5.41, 5.74) is 1.04. The third kappa shape index (κ3) is 3.83. The fourth-order valence-electron chi connectivity index (χ4n) is 1.47. The predicted molar refractivity (Wildman–Crippen MR) is 79.5 cm³/mol. The van der Waals surface area contributed by atoms with E-state index in [-0.39, 0.29) is 5.69 Å². The Hall–Kier alpha value is -2.34. The third-order valence-electron chi connectivity index (χ3n) is 2.52. The van der Waals surface area contributed by atoms with Crippen molar-refractivity contribution in [3.05, 3.63) is 64.2 Å². The number of non-ortho nitro benzene ring substituents is 1. The van der Waals surface area contributed by atoms with Crippen molar-refractivity contribution in [2.24, 2.45) is 4.40 Å². The molecule has 0 saturated carbocycles. The molecule has 0 heterocycles. The lowest BCUT2D eigenvalue weighted by atomic mass is 10.2. The first-order valence-corrected chi connectivity index (χ1v) is 6.55. The van der Waals surface area contributed by atoms with Gasteiger partial charge < -0.3 is 4.74 Å². The monoisotopic (exact) mass is 288 g/mol. The van der Waals surface area contributed by atoms with E-state index in [9.17, 15) is 10.1 Å². The van der Waals surface area contributed by atoms with E-state index < -0.39 is 4.92 Å². The summed E-state index contributed by atoms with van der Waals surface area (Å²) in [6.45, 7) is 0. The maximum atomic E-state index is 10.5. The molecule has 0 atom stereocenters. The minimum absolute atomic E-state index is 0.0773. The summed E-state index contributed by atoms with van der Waals surface area (Å²) < 4.78 is 9.29. The van der Waals surface area contributed by atoms with Crippen molar-refractivity contribution in [1.29, 1.82) is 0 Å². The summed E-state index contributed by atoms with van der Waals surface area (Å²) in [4.78, 5) is 10.9. The van der Waals surface area contributed by atoms with Gasteiger partial charge in [0.25, 0.3) is 5.69 Å². The van der Waals surface area contributed by atoms with Gasteiger partial charge in [0.15, 0.2) is 0 Å². The molecular formula is C14H12N2O3S. The Morgan fingerprint density at radius 2 is 1.80 bits per heavy atom. The first-order chi connectivity index (χ1) is 9.69. The SMILES string of the molecule is COc1ccc(/C=N/Sc2ccc([N+](=O)[O-])cc2)cc1. The largest absolute Gasteiger partial charge is 0.497 e. The maximum Gasteiger partial charge on any atom is 0.269 e. The molecule has 0 fully saturated rings. The zero-order valence-corrected chi connectivity index (χ0v) is 11.5. The number of nitrogens with zero attached hydrogens (tertiary/aromatic N) is 2. The molecule has 20 heavy (non-hydrogen) atoms. The molecule has 6 heteroatoms. The van der Waals surface area contributed by atoms with E-state index in [0.717, 1.165) is 16.2 Å². The van der Waals surface area contributed by atoms with Gasteiger partial charge in [-0.3, -0.25) is 10.1 Å². The average Bonchev–Trinajstić information content (AvgIpc) is 2.48. The zero-order valence-electron chi connectivity index (χ0n) is 10.7. The smallest absolute Gasteiger partial charge is 0.269 e. The molecule has 5 nitrogen and oxygen atoms in total. The Kier molecular flexibility index (Phi) is 4.73. The van der Waals surface area contributed by atoms with Gasteiger partial charge in [-0.15, -0.1) is 0 Å². The second-order valence-corrected chi connectivity index (χ2v) is 4.71. The van der Waals surface area contributed by atoms with E-state index in [2.05, 4.69) is 4.40 Å². The molecule has 2 aromatic carbocycles. The molecule has 0 amide bonds. The van der Waals surface area contributed by atoms with Gasteiger partial charge in [-0.1, -0.05) is 0 Å². The lowest BCUT2D eigenvalue weighted by molar-refractivity contribution is -0.384. The number of ether oxygens (including phenoxy) is 1. The number of nitro benzene ring substituents is 1. The predicted octanol–water partition coefficient (Wildman–Crippen LogP) is 3.73. The van der Waals surface area contributed by atoms with Crippen molar-refractivity contribution >= 4 is 23.8 Å². The topological polar surface area (TPSA) is 64.7 Å². The lowest BCUT2D eigenvalue weighted by Gasteiger charge is -1.98. The highest BCUT2D eigenvalue weighted by Gasteiger charge is 2.03. The minimum Gasteiger partial charge on any atom is -0.497 e.